The molecule has 1 aliphatic heterocycles. The molecule has 0 amide bonds. The molecule has 0 bridgehead atoms. The molecule has 4 rings (SSSR count). The van der Waals surface area contributed by atoms with Crippen LogP contribution in [0.3, 0.4) is 0 Å². The monoisotopic (exact) mass is 374 g/mol. The highest BCUT2D eigenvalue weighted by Crippen LogP contribution is 2.38. The summed E-state index contributed by atoms with van der Waals surface area (Å²) in [5.41, 5.74) is -0.365. The fourth-order valence-electron chi connectivity index (χ4n) is 3.08. The molecule has 5 nitrogen and oxygen atoms in total. The summed E-state index contributed by atoms with van der Waals surface area (Å²) in [4.78, 5) is 0. The van der Waals surface area contributed by atoms with Gasteiger partial charge < -0.3 is 15.7 Å². The second kappa shape index (κ2) is 6.70. The summed E-state index contributed by atoms with van der Waals surface area (Å²) in [6, 6.07) is 10.6. The Morgan fingerprint density at radius 3 is 2.48 bits per heavy atom. The second-order valence-electron chi connectivity index (χ2n) is 6.49. The lowest BCUT2D eigenvalue weighted by Crippen LogP contribution is -2.47. The Bertz CT molecular complexity index is 986. The van der Waals surface area contributed by atoms with E-state index >= 15 is 0 Å². The predicted molar refractivity (Wildman–Crippen MR) is 96.5 cm³/mol. The van der Waals surface area contributed by atoms with E-state index in [9.17, 15) is 18.3 Å². The van der Waals surface area contributed by atoms with Gasteiger partial charge in [-0.3, -0.25) is 0 Å². The third kappa shape index (κ3) is 3.40. The Morgan fingerprint density at radius 1 is 1.11 bits per heavy atom. The molecule has 1 saturated heterocycles. The number of nitrogens with zero attached hydrogens (tertiary/aromatic N) is 2. The SMILES string of the molecule is Oc1cc(C(F)(F)F)ccc1-c1nnc(NCC2CCN2)c2ccccc12. The molecule has 1 fully saturated rings. The van der Waals surface area contributed by atoms with Crippen molar-refractivity contribution in [3.63, 3.8) is 0 Å². The zero-order chi connectivity index (χ0) is 19.0. The number of anilines is 1. The minimum absolute atomic E-state index is 0.207. The van der Waals surface area contributed by atoms with Gasteiger partial charge in [0.25, 0.3) is 0 Å². The summed E-state index contributed by atoms with van der Waals surface area (Å²) in [6.45, 7) is 1.72. The summed E-state index contributed by atoms with van der Waals surface area (Å²) >= 11 is 0. The normalized spacial score (nSPS) is 16.9. The topological polar surface area (TPSA) is 70.1 Å². The van der Waals surface area contributed by atoms with Crippen LogP contribution >= 0.6 is 0 Å². The quantitative estimate of drug-likeness (QED) is 0.648. The van der Waals surface area contributed by atoms with E-state index in [-0.39, 0.29) is 5.56 Å². The fraction of sp³-hybridized carbons (Fsp3) is 0.263. The Balaban J connectivity index is 1.74. The van der Waals surface area contributed by atoms with Crippen molar-refractivity contribution in [2.75, 3.05) is 18.4 Å². The molecule has 2 aromatic carbocycles. The highest BCUT2D eigenvalue weighted by molar-refractivity contribution is 6.00. The molecule has 0 aliphatic carbocycles. The van der Waals surface area contributed by atoms with Gasteiger partial charge in [0.15, 0.2) is 5.82 Å². The van der Waals surface area contributed by atoms with Crippen molar-refractivity contribution in [2.45, 2.75) is 18.6 Å². The zero-order valence-corrected chi connectivity index (χ0v) is 14.2. The van der Waals surface area contributed by atoms with Crippen LogP contribution in [0.15, 0.2) is 42.5 Å². The average molecular weight is 374 g/mol. The maximum atomic E-state index is 12.8. The molecular weight excluding hydrogens is 357 g/mol. The summed E-state index contributed by atoms with van der Waals surface area (Å²) in [7, 11) is 0. The molecule has 3 N–H and O–H groups in total. The van der Waals surface area contributed by atoms with Crippen LogP contribution in [-0.2, 0) is 6.18 Å². The van der Waals surface area contributed by atoms with Gasteiger partial charge in [0.2, 0.25) is 0 Å². The minimum atomic E-state index is -4.52. The van der Waals surface area contributed by atoms with Gasteiger partial charge in [0.1, 0.15) is 11.4 Å². The van der Waals surface area contributed by atoms with Crippen LogP contribution in [0.25, 0.3) is 22.0 Å². The van der Waals surface area contributed by atoms with E-state index in [0.29, 0.717) is 35.6 Å². The van der Waals surface area contributed by atoms with Crippen molar-refractivity contribution in [2.24, 2.45) is 0 Å². The minimum Gasteiger partial charge on any atom is -0.507 e. The third-order valence-corrected chi connectivity index (χ3v) is 4.71. The molecule has 1 unspecified atom stereocenters. The first-order valence-corrected chi connectivity index (χ1v) is 8.57. The van der Waals surface area contributed by atoms with Crippen LogP contribution in [0.5, 0.6) is 5.75 Å². The lowest BCUT2D eigenvalue weighted by Gasteiger charge is -2.28. The number of nitrogens with one attached hydrogen (secondary N) is 2. The van der Waals surface area contributed by atoms with Gasteiger partial charge in [-0.25, -0.2) is 0 Å². The Hall–Kier alpha value is -2.87. The van der Waals surface area contributed by atoms with Crippen molar-refractivity contribution in [1.82, 2.24) is 15.5 Å². The van der Waals surface area contributed by atoms with Crippen LogP contribution < -0.4 is 10.6 Å². The summed E-state index contributed by atoms with van der Waals surface area (Å²) in [5.74, 6) is 0.123. The van der Waals surface area contributed by atoms with E-state index in [2.05, 4.69) is 20.8 Å². The van der Waals surface area contributed by atoms with Gasteiger partial charge in [-0.15, -0.1) is 10.2 Å². The lowest BCUT2D eigenvalue weighted by atomic mass is 10.0. The number of phenols is 1. The number of aromatic hydroxyl groups is 1. The van der Waals surface area contributed by atoms with Crippen LogP contribution in [0.1, 0.15) is 12.0 Å². The molecule has 1 aliphatic rings. The van der Waals surface area contributed by atoms with E-state index in [0.717, 1.165) is 24.4 Å². The molecule has 8 heteroatoms. The number of rotatable bonds is 4. The molecule has 0 radical (unpaired) electrons. The van der Waals surface area contributed by atoms with Crippen LogP contribution in [0.2, 0.25) is 0 Å². The number of phenolic OH excluding ortho intramolecular Hbond substituents is 1. The molecule has 0 saturated carbocycles. The standard InChI is InChI=1S/C19H17F3N4O/c20-19(21,22)11-5-6-15(16(27)9-11)17-13-3-1-2-4-14(13)18(26-25-17)24-10-12-7-8-23-12/h1-6,9,12,23,27H,7-8,10H2,(H,24,26). The largest absolute Gasteiger partial charge is 0.507 e. The lowest BCUT2D eigenvalue weighted by molar-refractivity contribution is -0.137. The number of alkyl halides is 3. The first kappa shape index (κ1) is 17.5. The molecule has 27 heavy (non-hydrogen) atoms. The maximum absolute atomic E-state index is 12.8. The zero-order valence-electron chi connectivity index (χ0n) is 14.2. The Kier molecular flexibility index (Phi) is 4.35. The number of hydrogen-bond acceptors (Lipinski definition) is 5. The summed E-state index contributed by atoms with van der Waals surface area (Å²) in [6.07, 6.45) is -3.43. The van der Waals surface area contributed by atoms with E-state index in [4.69, 9.17) is 0 Å². The van der Waals surface area contributed by atoms with Gasteiger partial charge in [-0.05, 0) is 31.2 Å². The molecule has 3 aromatic rings. The van der Waals surface area contributed by atoms with Crippen LogP contribution in [-0.4, -0.2) is 34.4 Å². The maximum Gasteiger partial charge on any atom is 0.416 e. The van der Waals surface area contributed by atoms with Gasteiger partial charge in [-0.1, -0.05) is 24.3 Å². The van der Waals surface area contributed by atoms with Gasteiger partial charge in [0.05, 0.1) is 5.56 Å². The first-order valence-electron chi connectivity index (χ1n) is 8.57. The first-order chi connectivity index (χ1) is 12.9. The molecular formula is C19H17F3N4O. The number of fused-ring (bicyclic) bond motifs is 1. The van der Waals surface area contributed by atoms with E-state index < -0.39 is 17.5 Å². The number of benzene rings is 2. The van der Waals surface area contributed by atoms with Crippen LogP contribution in [0.4, 0.5) is 19.0 Å². The second-order valence-corrected chi connectivity index (χ2v) is 6.49. The highest BCUT2D eigenvalue weighted by Gasteiger charge is 2.31. The van der Waals surface area contributed by atoms with Gasteiger partial charge in [-0.2, -0.15) is 13.2 Å². The van der Waals surface area contributed by atoms with Gasteiger partial charge >= 0.3 is 6.18 Å². The number of hydrogen-bond donors (Lipinski definition) is 3. The Labute approximate surface area is 153 Å². The number of halogens is 3. The molecule has 2 heterocycles. The summed E-state index contributed by atoms with van der Waals surface area (Å²) in [5, 5.41) is 26.6. The third-order valence-electron chi connectivity index (χ3n) is 4.71. The van der Waals surface area contributed by atoms with Crippen molar-refractivity contribution in [1.29, 1.82) is 0 Å². The predicted octanol–water partition coefficient (Wildman–Crippen LogP) is 3.80. The molecule has 140 valence electrons. The number of aromatic nitrogens is 2. The van der Waals surface area contributed by atoms with Crippen molar-refractivity contribution in [3.8, 4) is 17.0 Å². The van der Waals surface area contributed by atoms with Crippen molar-refractivity contribution < 1.29 is 18.3 Å². The van der Waals surface area contributed by atoms with E-state index in [1.807, 2.05) is 24.3 Å². The molecule has 1 atom stereocenters. The van der Waals surface area contributed by atoms with Crippen LogP contribution in [0, 0.1) is 0 Å². The van der Waals surface area contributed by atoms with Crippen molar-refractivity contribution in [3.05, 3.63) is 48.0 Å². The molecule has 1 aromatic heterocycles. The fourth-order valence-corrected chi connectivity index (χ4v) is 3.08. The Morgan fingerprint density at radius 2 is 1.85 bits per heavy atom. The van der Waals surface area contributed by atoms with Gasteiger partial charge in [0, 0.05) is 28.9 Å². The average Bonchev–Trinajstić information content (AvgIpc) is 2.60. The highest BCUT2D eigenvalue weighted by atomic mass is 19.4. The van der Waals surface area contributed by atoms with E-state index in [1.165, 1.54) is 6.07 Å². The summed E-state index contributed by atoms with van der Waals surface area (Å²) < 4.78 is 38.5. The van der Waals surface area contributed by atoms with E-state index in [1.54, 1.807) is 0 Å². The molecule has 0 spiro atoms. The van der Waals surface area contributed by atoms with Crippen molar-refractivity contribution >= 4 is 16.6 Å². The smallest absolute Gasteiger partial charge is 0.416 e.